The SMILES string of the molecule is COc1cccc(F)c1-c1cc(C)ncc1C(=O)Nc1nnc(OCc2ccc3c(n2)CCC[C@H]3O)s1. The molecule has 0 spiro atoms. The first-order valence-electron chi connectivity index (χ1n) is 11.7. The van der Waals surface area contributed by atoms with Crippen LogP contribution in [0.5, 0.6) is 10.9 Å². The van der Waals surface area contributed by atoms with Crippen molar-refractivity contribution in [3.8, 4) is 22.1 Å². The minimum Gasteiger partial charge on any atom is -0.496 e. The maximum Gasteiger partial charge on any atom is 0.296 e. The van der Waals surface area contributed by atoms with Crippen LogP contribution in [0, 0.1) is 12.7 Å². The van der Waals surface area contributed by atoms with Gasteiger partial charge in [-0.05, 0) is 61.8 Å². The van der Waals surface area contributed by atoms with Crippen LogP contribution in [0.25, 0.3) is 11.1 Å². The first-order chi connectivity index (χ1) is 17.9. The molecule has 4 aromatic rings. The van der Waals surface area contributed by atoms with Gasteiger partial charge in [-0.2, -0.15) is 0 Å². The summed E-state index contributed by atoms with van der Waals surface area (Å²) in [6.45, 7) is 1.93. The number of aliphatic hydroxyl groups is 1. The summed E-state index contributed by atoms with van der Waals surface area (Å²) in [4.78, 5) is 21.9. The highest BCUT2D eigenvalue weighted by Crippen LogP contribution is 2.35. The second-order valence-electron chi connectivity index (χ2n) is 8.55. The summed E-state index contributed by atoms with van der Waals surface area (Å²) in [7, 11) is 1.44. The molecule has 0 saturated carbocycles. The minimum absolute atomic E-state index is 0.159. The molecular weight excluding hydrogens is 497 g/mol. The van der Waals surface area contributed by atoms with Crippen LogP contribution >= 0.6 is 11.3 Å². The monoisotopic (exact) mass is 521 g/mol. The van der Waals surface area contributed by atoms with E-state index in [1.54, 1.807) is 19.1 Å². The van der Waals surface area contributed by atoms with Gasteiger partial charge in [-0.1, -0.05) is 17.2 Å². The minimum atomic E-state index is -0.523. The number of aliphatic hydroxyl groups excluding tert-OH is 1. The van der Waals surface area contributed by atoms with Crippen molar-refractivity contribution in [1.29, 1.82) is 0 Å². The highest BCUT2D eigenvalue weighted by Gasteiger charge is 2.22. The average Bonchev–Trinajstić information content (AvgIpc) is 3.34. The molecule has 1 aliphatic rings. The summed E-state index contributed by atoms with van der Waals surface area (Å²) in [5, 5.41) is 21.2. The number of pyridine rings is 2. The third kappa shape index (κ3) is 5.27. The first kappa shape index (κ1) is 24.7. The lowest BCUT2D eigenvalue weighted by Gasteiger charge is -2.20. The summed E-state index contributed by atoms with van der Waals surface area (Å²) in [6, 6.07) is 9.81. The fourth-order valence-electron chi connectivity index (χ4n) is 4.26. The Morgan fingerprint density at radius 1 is 1.27 bits per heavy atom. The Bertz CT molecular complexity index is 1460. The Hall–Kier alpha value is -3.96. The second-order valence-corrected chi connectivity index (χ2v) is 9.49. The zero-order valence-electron chi connectivity index (χ0n) is 20.2. The van der Waals surface area contributed by atoms with E-state index in [0.29, 0.717) is 22.7 Å². The Kier molecular flexibility index (Phi) is 7.06. The number of nitrogens with zero attached hydrogens (tertiary/aromatic N) is 4. The van der Waals surface area contributed by atoms with Crippen molar-refractivity contribution in [3.05, 3.63) is 76.6 Å². The number of hydrogen-bond acceptors (Lipinski definition) is 9. The van der Waals surface area contributed by atoms with Gasteiger partial charge in [-0.3, -0.25) is 20.1 Å². The van der Waals surface area contributed by atoms with Crippen LogP contribution in [0.3, 0.4) is 0 Å². The van der Waals surface area contributed by atoms with Gasteiger partial charge in [0.05, 0.1) is 30.0 Å². The molecule has 1 atom stereocenters. The van der Waals surface area contributed by atoms with Crippen LogP contribution < -0.4 is 14.8 Å². The largest absolute Gasteiger partial charge is 0.496 e. The summed E-state index contributed by atoms with van der Waals surface area (Å²) in [5.41, 5.74) is 3.77. The number of halogens is 1. The van der Waals surface area contributed by atoms with Crippen molar-refractivity contribution in [3.63, 3.8) is 0 Å². The van der Waals surface area contributed by atoms with Crippen molar-refractivity contribution in [2.45, 2.75) is 38.9 Å². The average molecular weight is 522 g/mol. The molecule has 1 aromatic carbocycles. The van der Waals surface area contributed by atoms with Gasteiger partial charge in [0.15, 0.2) is 0 Å². The van der Waals surface area contributed by atoms with Gasteiger partial charge >= 0.3 is 0 Å². The second kappa shape index (κ2) is 10.6. The lowest BCUT2D eigenvalue weighted by molar-refractivity contribution is 0.102. The number of carbonyl (C=O) groups is 1. The highest BCUT2D eigenvalue weighted by atomic mass is 32.1. The lowest BCUT2D eigenvalue weighted by atomic mass is 9.93. The molecule has 2 N–H and O–H groups in total. The Labute approximate surface area is 216 Å². The zero-order valence-corrected chi connectivity index (χ0v) is 21.0. The van der Waals surface area contributed by atoms with Crippen LogP contribution in [-0.2, 0) is 13.0 Å². The fourth-order valence-corrected chi connectivity index (χ4v) is 4.85. The first-order valence-corrected chi connectivity index (χ1v) is 12.5. The Morgan fingerprint density at radius 3 is 2.97 bits per heavy atom. The molecule has 9 nitrogen and oxygen atoms in total. The van der Waals surface area contributed by atoms with Crippen molar-refractivity contribution in [2.75, 3.05) is 12.4 Å². The molecule has 11 heteroatoms. The molecule has 190 valence electrons. The molecule has 1 amide bonds. The third-order valence-electron chi connectivity index (χ3n) is 6.04. The lowest BCUT2D eigenvalue weighted by Crippen LogP contribution is -2.14. The van der Waals surface area contributed by atoms with E-state index in [1.807, 2.05) is 12.1 Å². The summed E-state index contributed by atoms with van der Waals surface area (Å²) < 4.78 is 25.8. The van der Waals surface area contributed by atoms with Crippen molar-refractivity contribution in [1.82, 2.24) is 20.2 Å². The molecule has 3 heterocycles. The van der Waals surface area contributed by atoms with E-state index in [4.69, 9.17) is 9.47 Å². The Balaban J connectivity index is 1.31. The van der Waals surface area contributed by atoms with Crippen LogP contribution in [0.4, 0.5) is 9.52 Å². The molecule has 0 unspecified atom stereocenters. The number of ether oxygens (including phenoxy) is 2. The molecule has 0 fully saturated rings. The summed E-state index contributed by atoms with van der Waals surface area (Å²) in [6.07, 6.45) is 3.39. The predicted octanol–water partition coefficient (Wildman–Crippen LogP) is 4.65. The van der Waals surface area contributed by atoms with Gasteiger partial charge in [0.25, 0.3) is 11.1 Å². The smallest absolute Gasteiger partial charge is 0.296 e. The van der Waals surface area contributed by atoms with E-state index in [2.05, 4.69) is 25.5 Å². The topological polar surface area (TPSA) is 119 Å². The number of hydrogen-bond donors (Lipinski definition) is 2. The van der Waals surface area contributed by atoms with Gasteiger partial charge in [0.1, 0.15) is 18.2 Å². The van der Waals surface area contributed by atoms with E-state index in [0.717, 1.165) is 41.9 Å². The third-order valence-corrected chi connectivity index (χ3v) is 6.79. The maximum atomic E-state index is 14.8. The van der Waals surface area contributed by atoms with Crippen LogP contribution in [0.1, 0.15) is 51.9 Å². The molecule has 1 aliphatic carbocycles. The van der Waals surface area contributed by atoms with Gasteiger partial charge in [0, 0.05) is 28.7 Å². The van der Waals surface area contributed by atoms with Crippen molar-refractivity contribution in [2.24, 2.45) is 0 Å². The van der Waals surface area contributed by atoms with Crippen LogP contribution in [0.2, 0.25) is 0 Å². The number of carbonyl (C=O) groups excluding carboxylic acids is 1. The number of amides is 1. The van der Waals surface area contributed by atoms with Gasteiger partial charge < -0.3 is 14.6 Å². The summed E-state index contributed by atoms with van der Waals surface area (Å²) in [5.74, 6) is -0.738. The number of rotatable bonds is 7. The summed E-state index contributed by atoms with van der Waals surface area (Å²) >= 11 is 1.06. The Morgan fingerprint density at radius 2 is 2.14 bits per heavy atom. The highest BCUT2D eigenvalue weighted by molar-refractivity contribution is 7.17. The molecular formula is C26H24FN5O4S. The molecule has 5 rings (SSSR count). The standard InChI is InChI=1S/C26H24FN5O4S/c1-14-11-17(23-19(27)5-3-8-22(23)35-2)18(12-28-14)24(34)30-25-31-32-26(37-25)36-13-15-9-10-16-20(29-15)6-4-7-21(16)33/h3,5,8-12,21,33H,4,6-7,13H2,1-2H3,(H,30,31,34)/t21-/m1/s1. The van der Waals surface area contributed by atoms with Crippen LogP contribution in [-0.4, -0.2) is 38.3 Å². The van der Waals surface area contributed by atoms with E-state index in [-0.39, 0.29) is 28.1 Å². The molecule has 3 aromatic heterocycles. The number of aryl methyl sites for hydroxylation is 2. The number of nitrogens with one attached hydrogen (secondary N) is 1. The molecule has 0 aliphatic heterocycles. The van der Waals surface area contributed by atoms with E-state index >= 15 is 0 Å². The van der Waals surface area contributed by atoms with E-state index in [1.165, 1.54) is 25.4 Å². The normalized spacial score (nSPS) is 14.6. The number of anilines is 1. The molecule has 0 saturated heterocycles. The quantitative estimate of drug-likeness (QED) is 0.361. The van der Waals surface area contributed by atoms with Crippen molar-refractivity contribution < 1.29 is 23.8 Å². The van der Waals surface area contributed by atoms with Crippen molar-refractivity contribution >= 4 is 22.4 Å². The van der Waals surface area contributed by atoms with Gasteiger partial charge in [-0.25, -0.2) is 4.39 Å². The predicted molar refractivity (Wildman–Crippen MR) is 135 cm³/mol. The van der Waals surface area contributed by atoms with E-state index < -0.39 is 17.8 Å². The molecule has 37 heavy (non-hydrogen) atoms. The number of methoxy groups -OCH3 is 1. The fraction of sp³-hybridized carbons (Fsp3) is 0.269. The number of benzene rings is 1. The maximum absolute atomic E-state index is 14.8. The van der Waals surface area contributed by atoms with E-state index in [9.17, 15) is 14.3 Å². The number of fused-ring (bicyclic) bond motifs is 1. The zero-order chi connectivity index (χ0) is 25.9. The van der Waals surface area contributed by atoms with Gasteiger partial charge in [-0.15, -0.1) is 5.10 Å². The van der Waals surface area contributed by atoms with Gasteiger partial charge in [0.2, 0.25) is 5.13 Å². The number of aromatic nitrogens is 4. The van der Waals surface area contributed by atoms with Crippen LogP contribution in [0.15, 0.2) is 42.6 Å². The molecule has 0 radical (unpaired) electrons. The molecule has 0 bridgehead atoms.